The van der Waals surface area contributed by atoms with E-state index in [-0.39, 0.29) is 5.56 Å². The fourth-order valence-corrected chi connectivity index (χ4v) is 3.02. The highest BCUT2D eigenvalue weighted by molar-refractivity contribution is 5.74. The molecule has 0 aliphatic heterocycles. The Labute approximate surface area is 162 Å². The van der Waals surface area contributed by atoms with Crippen LogP contribution in [0.3, 0.4) is 0 Å². The molecule has 7 nitrogen and oxygen atoms in total. The van der Waals surface area contributed by atoms with Crippen LogP contribution in [0.15, 0.2) is 47.4 Å². The molecule has 0 unspecified atom stereocenters. The molecule has 4 rings (SSSR count). The summed E-state index contributed by atoms with van der Waals surface area (Å²) < 4.78 is 0. The predicted molar refractivity (Wildman–Crippen MR) is 110 cm³/mol. The van der Waals surface area contributed by atoms with Gasteiger partial charge in [-0.1, -0.05) is 12.1 Å². The summed E-state index contributed by atoms with van der Waals surface area (Å²) in [6.07, 6.45) is 3.53. The van der Waals surface area contributed by atoms with Gasteiger partial charge in [0, 0.05) is 36.0 Å². The van der Waals surface area contributed by atoms with E-state index in [2.05, 4.69) is 30.2 Å². The Balaban J connectivity index is 1.34. The number of hydrogen-bond donors (Lipinski definition) is 3. The number of pyridine rings is 1. The van der Waals surface area contributed by atoms with Crippen molar-refractivity contribution in [3.05, 3.63) is 70.0 Å². The maximum Gasteiger partial charge on any atom is 0.254 e. The van der Waals surface area contributed by atoms with Gasteiger partial charge in [0.2, 0.25) is 0 Å². The molecule has 0 aliphatic rings. The van der Waals surface area contributed by atoms with Crippen molar-refractivity contribution < 1.29 is 0 Å². The molecule has 142 valence electrons. The highest BCUT2D eigenvalue weighted by atomic mass is 16.1. The first-order valence-electron chi connectivity index (χ1n) is 9.31. The zero-order chi connectivity index (χ0) is 19.5. The Hall–Kier alpha value is -3.48. The van der Waals surface area contributed by atoms with Crippen molar-refractivity contribution in [2.24, 2.45) is 0 Å². The number of hydrogen-bond acceptors (Lipinski definition) is 5. The van der Waals surface area contributed by atoms with Crippen molar-refractivity contribution in [1.82, 2.24) is 24.9 Å². The average Bonchev–Trinajstić information content (AvgIpc) is 3.12. The molecule has 1 aromatic carbocycles. The molecule has 3 N–H and O–H groups in total. The van der Waals surface area contributed by atoms with Gasteiger partial charge in [-0.2, -0.15) is 0 Å². The number of anilines is 1. The van der Waals surface area contributed by atoms with Crippen LogP contribution in [0.5, 0.6) is 0 Å². The average molecular weight is 374 g/mol. The molecule has 0 atom stereocenters. The SMILES string of the molecule is Cc1nc(-c2ccc(NCCCc3nc4ccccc4[nH]3)nc2)[nH]c(=O)c1C. The maximum atomic E-state index is 11.9. The van der Waals surface area contributed by atoms with E-state index in [9.17, 15) is 4.79 Å². The number of H-pyrrole nitrogens is 2. The third-order valence-electron chi connectivity index (χ3n) is 4.77. The second kappa shape index (κ2) is 7.64. The number of para-hydroxylation sites is 2. The topological polar surface area (TPSA) is 99.3 Å². The van der Waals surface area contributed by atoms with Gasteiger partial charge in [-0.05, 0) is 44.5 Å². The summed E-state index contributed by atoms with van der Waals surface area (Å²) >= 11 is 0. The van der Waals surface area contributed by atoms with Crippen molar-refractivity contribution in [3.63, 3.8) is 0 Å². The molecule has 7 heteroatoms. The zero-order valence-corrected chi connectivity index (χ0v) is 15.9. The number of nitrogens with one attached hydrogen (secondary N) is 3. The molecule has 28 heavy (non-hydrogen) atoms. The number of fused-ring (bicyclic) bond motifs is 1. The lowest BCUT2D eigenvalue weighted by Crippen LogP contribution is -2.14. The first-order valence-corrected chi connectivity index (χ1v) is 9.31. The molecule has 0 radical (unpaired) electrons. The van der Waals surface area contributed by atoms with E-state index >= 15 is 0 Å². The fourth-order valence-electron chi connectivity index (χ4n) is 3.02. The molecule has 0 amide bonds. The summed E-state index contributed by atoms with van der Waals surface area (Å²) in [7, 11) is 0. The van der Waals surface area contributed by atoms with E-state index in [1.807, 2.05) is 43.3 Å². The van der Waals surface area contributed by atoms with Crippen LogP contribution in [-0.2, 0) is 6.42 Å². The highest BCUT2D eigenvalue weighted by Crippen LogP contribution is 2.16. The number of aromatic nitrogens is 5. The van der Waals surface area contributed by atoms with Crippen LogP contribution in [0.25, 0.3) is 22.4 Å². The van der Waals surface area contributed by atoms with Gasteiger partial charge >= 0.3 is 0 Å². The number of benzene rings is 1. The van der Waals surface area contributed by atoms with Crippen molar-refractivity contribution in [2.75, 3.05) is 11.9 Å². The van der Waals surface area contributed by atoms with Crippen LogP contribution >= 0.6 is 0 Å². The number of rotatable bonds is 6. The number of nitrogens with zero attached hydrogens (tertiary/aromatic N) is 3. The van der Waals surface area contributed by atoms with E-state index < -0.39 is 0 Å². The van der Waals surface area contributed by atoms with Crippen molar-refractivity contribution in [2.45, 2.75) is 26.7 Å². The van der Waals surface area contributed by atoms with Gasteiger partial charge < -0.3 is 15.3 Å². The predicted octanol–water partition coefficient (Wildman–Crippen LogP) is 3.37. The largest absolute Gasteiger partial charge is 0.370 e. The minimum absolute atomic E-state index is 0.115. The summed E-state index contributed by atoms with van der Waals surface area (Å²) in [5.74, 6) is 2.33. The van der Waals surface area contributed by atoms with Gasteiger partial charge in [0.05, 0.1) is 11.0 Å². The van der Waals surface area contributed by atoms with Crippen LogP contribution in [0.2, 0.25) is 0 Å². The molecule has 0 fully saturated rings. The van der Waals surface area contributed by atoms with Crippen LogP contribution < -0.4 is 10.9 Å². The van der Waals surface area contributed by atoms with Gasteiger partial charge in [-0.15, -0.1) is 0 Å². The lowest BCUT2D eigenvalue weighted by molar-refractivity contribution is 0.817. The highest BCUT2D eigenvalue weighted by Gasteiger charge is 2.07. The van der Waals surface area contributed by atoms with Crippen LogP contribution in [0.1, 0.15) is 23.5 Å². The Morgan fingerprint density at radius 1 is 1.04 bits per heavy atom. The third kappa shape index (κ3) is 3.78. The Kier molecular flexibility index (Phi) is 4.89. The smallest absolute Gasteiger partial charge is 0.254 e. The van der Waals surface area contributed by atoms with Crippen LogP contribution in [-0.4, -0.2) is 31.5 Å². The van der Waals surface area contributed by atoms with Gasteiger partial charge in [0.25, 0.3) is 5.56 Å². The van der Waals surface area contributed by atoms with E-state index in [1.54, 1.807) is 13.1 Å². The monoisotopic (exact) mass is 374 g/mol. The van der Waals surface area contributed by atoms with Crippen molar-refractivity contribution >= 4 is 16.9 Å². The summed E-state index contributed by atoms with van der Waals surface area (Å²) in [5, 5.41) is 3.31. The normalized spacial score (nSPS) is 11.1. The minimum atomic E-state index is -0.115. The van der Waals surface area contributed by atoms with E-state index in [1.165, 1.54) is 0 Å². The summed E-state index contributed by atoms with van der Waals surface area (Å²) in [4.78, 5) is 31.5. The second-order valence-corrected chi connectivity index (χ2v) is 6.79. The number of imidazole rings is 1. The van der Waals surface area contributed by atoms with Gasteiger partial charge in [-0.25, -0.2) is 15.0 Å². The van der Waals surface area contributed by atoms with Gasteiger partial charge in [0.1, 0.15) is 17.5 Å². The Bertz CT molecular complexity index is 1130. The van der Waals surface area contributed by atoms with E-state index in [4.69, 9.17) is 0 Å². The molecule has 0 bridgehead atoms. The zero-order valence-electron chi connectivity index (χ0n) is 15.9. The summed E-state index contributed by atoms with van der Waals surface area (Å²) in [6.45, 7) is 4.39. The fraction of sp³-hybridized carbons (Fsp3) is 0.238. The standard InChI is InChI=1S/C21H22N6O/c1-13-14(2)24-20(27-21(13)28)15-9-10-18(23-12-15)22-11-5-8-19-25-16-6-3-4-7-17(16)26-19/h3-4,6-7,9-10,12H,5,8,11H2,1-2H3,(H,22,23)(H,25,26)(H,24,27,28). The van der Waals surface area contributed by atoms with Crippen LogP contribution in [0.4, 0.5) is 5.82 Å². The van der Waals surface area contributed by atoms with Crippen LogP contribution in [0, 0.1) is 13.8 Å². The lowest BCUT2D eigenvalue weighted by Gasteiger charge is -2.07. The first kappa shape index (κ1) is 17.9. The minimum Gasteiger partial charge on any atom is -0.370 e. The molecule has 0 aliphatic carbocycles. The number of aromatic amines is 2. The van der Waals surface area contributed by atoms with Crippen molar-refractivity contribution in [3.8, 4) is 11.4 Å². The first-order chi connectivity index (χ1) is 13.6. The summed E-state index contributed by atoms with van der Waals surface area (Å²) in [6, 6.07) is 11.8. The molecule has 0 saturated carbocycles. The quantitative estimate of drug-likeness (QED) is 0.449. The lowest BCUT2D eigenvalue weighted by atomic mass is 10.2. The second-order valence-electron chi connectivity index (χ2n) is 6.79. The molecule has 0 saturated heterocycles. The summed E-state index contributed by atoms with van der Waals surface area (Å²) in [5.41, 5.74) is 4.11. The number of aryl methyl sites for hydroxylation is 2. The van der Waals surface area contributed by atoms with E-state index in [0.29, 0.717) is 11.4 Å². The molecular formula is C21H22N6O. The Morgan fingerprint density at radius 3 is 2.64 bits per heavy atom. The molecule has 4 aromatic rings. The van der Waals surface area contributed by atoms with Crippen molar-refractivity contribution in [1.29, 1.82) is 0 Å². The van der Waals surface area contributed by atoms with Gasteiger partial charge in [0.15, 0.2) is 0 Å². The third-order valence-corrected chi connectivity index (χ3v) is 4.77. The molecule has 0 spiro atoms. The molecular weight excluding hydrogens is 352 g/mol. The molecule has 3 aromatic heterocycles. The van der Waals surface area contributed by atoms with Gasteiger partial charge in [-0.3, -0.25) is 4.79 Å². The maximum absolute atomic E-state index is 11.9. The molecule has 3 heterocycles. The Morgan fingerprint density at radius 2 is 1.89 bits per heavy atom. The van der Waals surface area contributed by atoms with E-state index in [0.717, 1.165) is 53.3 Å².